The van der Waals surface area contributed by atoms with Crippen LogP contribution in [0.2, 0.25) is 0 Å². The van der Waals surface area contributed by atoms with Crippen molar-refractivity contribution in [3.05, 3.63) is 24.3 Å². The van der Waals surface area contributed by atoms with Crippen molar-refractivity contribution in [2.24, 2.45) is 5.41 Å². The Morgan fingerprint density at radius 3 is 2.64 bits per heavy atom. The predicted octanol–water partition coefficient (Wildman–Crippen LogP) is 0.979. The van der Waals surface area contributed by atoms with Gasteiger partial charge >= 0.3 is 0 Å². The summed E-state index contributed by atoms with van der Waals surface area (Å²) >= 11 is 0. The number of hydrogen-bond donors (Lipinski definition) is 2. The zero-order chi connectivity index (χ0) is 15.8. The maximum atomic E-state index is 11.9. The Morgan fingerprint density at radius 2 is 2.00 bits per heavy atom. The lowest BCUT2D eigenvalue weighted by atomic mass is 9.81. The summed E-state index contributed by atoms with van der Waals surface area (Å²) in [6, 6.07) is 7.18. The van der Waals surface area contributed by atoms with E-state index in [1.165, 1.54) is 0 Å². The van der Waals surface area contributed by atoms with E-state index < -0.39 is 0 Å². The monoisotopic (exact) mass is 309 g/mol. The number of para-hydroxylation sites is 2. The summed E-state index contributed by atoms with van der Waals surface area (Å²) in [5, 5.41) is 12.4. The number of amides is 1. The van der Waals surface area contributed by atoms with Gasteiger partial charge in [0, 0.05) is 25.2 Å². The SMILES string of the molecule is COc1ccccc1OCC(=O)NCC1(CO)CCOCC1. The minimum absolute atomic E-state index is 0.0456. The Balaban J connectivity index is 1.80. The van der Waals surface area contributed by atoms with Gasteiger partial charge in [-0.3, -0.25) is 4.79 Å². The first-order valence-electron chi connectivity index (χ1n) is 7.40. The molecule has 0 aliphatic carbocycles. The number of nitrogens with one attached hydrogen (secondary N) is 1. The number of aliphatic hydroxyl groups is 1. The smallest absolute Gasteiger partial charge is 0.257 e. The molecule has 22 heavy (non-hydrogen) atoms. The third kappa shape index (κ3) is 4.35. The molecule has 1 aliphatic heterocycles. The number of carbonyl (C=O) groups excluding carboxylic acids is 1. The van der Waals surface area contributed by atoms with Gasteiger partial charge in [0.1, 0.15) is 0 Å². The molecule has 6 heteroatoms. The summed E-state index contributed by atoms with van der Waals surface area (Å²) in [6.45, 7) is 1.63. The van der Waals surface area contributed by atoms with Crippen LogP contribution in [0, 0.1) is 5.41 Å². The largest absolute Gasteiger partial charge is 0.493 e. The molecule has 0 aromatic heterocycles. The highest BCUT2D eigenvalue weighted by Crippen LogP contribution is 2.29. The van der Waals surface area contributed by atoms with Crippen molar-refractivity contribution in [2.45, 2.75) is 12.8 Å². The summed E-state index contributed by atoms with van der Waals surface area (Å²) in [4.78, 5) is 11.9. The highest BCUT2D eigenvalue weighted by Gasteiger charge is 2.32. The summed E-state index contributed by atoms with van der Waals surface area (Å²) in [5.41, 5.74) is -0.279. The van der Waals surface area contributed by atoms with E-state index in [-0.39, 0.29) is 24.5 Å². The summed E-state index contributed by atoms with van der Waals surface area (Å²) in [5.74, 6) is 0.903. The highest BCUT2D eigenvalue weighted by atomic mass is 16.5. The lowest BCUT2D eigenvalue weighted by Gasteiger charge is -2.35. The first kappa shape index (κ1) is 16.6. The number of benzene rings is 1. The van der Waals surface area contributed by atoms with Crippen LogP contribution in [0.5, 0.6) is 11.5 Å². The second kappa shape index (κ2) is 8.00. The van der Waals surface area contributed by atoms with E-state index in [1.807, 2.05) is 12.1 Å². The first-order valence-corrected chi connectivity index (χ1v) is 7.40. The number of rotatable bonds is 7. The zero-order valence-corrected chi connectivity index (χ0v) is 12.8. The second-order valence-corrected chi connectivity index (χ2v) is 5.49. The van der Waals surface area contributed by atoms with Crippen molar-refractivity contribution in [3.8, 4) is 11.5 Å². The molecule has 0 spiro atoms. The summed E-state index contributed by atoms with van der Waals surface area (Å²) in [6.07, 6.45) is 1.49. The van der Waals surface area contributed by atoms with Crippen LogP contribution in [0.15, 0.2) is 24.3 Å². The van der Waals surface area contributed by atoms with Gasteiger partial charge in [0.05, 0.1) is 13.7 Å². The van der Waals surface area contributed by atoms with Crippen LogP contribution in [0.3, 0.4) is 0 Å². The van der Waals surface area contributed by atoms with Crippen molar-refractivity contribution < 1.29 is 24.1 Å². The van der Waals surface area contributed by atoms with Gasteiger partial charge < -0.3 is 24.6 Å². The van der Waals surface area contributed by atoms with Crippen LogP contribution in [0.1, 0.15) is 12.8 Å². The van der Waals surface area contributed by atoms with Crippen LogP contribution in [0.25, 0.3) is 0 Å². The van der Waals surface area contributed by atoms with E-state index in [4.69, 9.17) is 14.2 Å². The molecule has 0 atom stereocenters. The van der Waals surface area contributed by atoms with Gasteiger partial charge in [-0.15, -0.1) is 0 Å². The van der Waals surface area contributed by atoms with Gasteiger partial charge in [-0.25, -0.2) is 0 Å². The molecule has 1 aromatic rings. The lowest BCUT2D eigenvalue weighted by molar-refractivity contribution is -0.124. The molecule has 1 saturated heterocycles. The van der Waals surface area contributed by atoms with Gasteiger partial charge in [0.25, 0.3) is 5.91 Å². The fourth-order valence-electron chi connectivity index (χ4n) is 2.41. The Bertz CT molecular complexity index is 485. The maximum absolute atomic E-state index is 11.9. The molecule has 1 amide bonds. The molecule has 6 nitrogen and oxygen atoms in total. The topological polar surface area (TPSA) is 77.0 Å². The standard InChI is InChI=1S/C16H23NO5/c1-20-13-4-2-3-5-14(13)22-10-15(19)17-11-16(12-18)6-8-21-9-7-16/h2-5,18H,6-12H2,1H3,(H,17,19). The molecule has 2 rings (SSSR count). The average Bonchev–Trinajstić information content (AvgIpc) is 2.59. The Morgan fingerprint density at radius 1 is 1.32 bits per heavy atom. The molecule has 1 heterocycles. The van der Waals surface area contributed by atoms with Gasteiger partial charge in [-0.05, 0) is 25.0 Å². The number of methoxy groups -OCH3 is 1. The number of ether oxygens (including phenoxy) is 3. The molecule has 122 valence electrons. The lowest BCUT2D eigenvalue weighted by Crippen LogP contribution is -2.44. The molecule has 0 saturated carbocycles. The quantitative estimate of drug-likeness (QED) is 0.785. The number of carbonyl (C=O) groups is 1. The van der Waals surface area contributed by atoms with E-state index in [2.05, 4.69) is 5.32 Å². The van der Waals surface area contributed by atoms with Crippen molar-refractivity contribution in [3.63, 3.8) is 0 Å². The predicted molar refractivity (Wildman–Crippen MR) is 81.1 cm³/mol. The van der Waals surface area contributed by atoms with E-state index >= 15 is 0 Å². The molecule has 0 bridgehead atoms. The Labute approximate surface area is 130 Å². The number of aliphatic hydroxyl groups excluding tert-OH is 1. The average molecular weight is 309 g/mol. The van der Waals surface area contributed by atoms with Crippen molar-refractivity contribution in [1.29, 1.82) is 0 Å². The minimum Gasteiger partial charge on any atom is -0.493 e. The van der Waals surface area contributed by atoms with E-state index in [0.29, 0.717) is 31.3 Å². The molecule has 1 fully saturated rings. The molecule has 1 aromatic carbocycles. The van der Waals surface area contributed by atoms with E-state index in [1.54, 1.807) is 19.2 Å². The Kier molecular flexibility index (Phi) is 6.03. The molecular formula is C16H23NO5. The van der Waals surface area contributed by atoms with Gasteiger partial charge in [0.2, 0.25) is 0 Å². The highest BCUT2D eigenvalue weighted by molar-refractivity contribution is 5.77. The molecule has 1 aliphatic rings. The zero-order valence-electron chi connectivity index (χ0n) is 12.8. The van der Waals surface area contributed by atoms with Gasteiger partial charge in [-0.1, -0.05) is 12.1 Å². The van der Waals surface area contributed by atoms with Crippen LogP contribution in [0.4, 0.5) is 0 Å². The van der Waals surface area contributed by atoms with Crippen molar-refractivity contribution in [2.75, 3.05) is 40.1 Å². The molecule has 0 radical (unpaired) electrons. The van der Waals surface area contributed by atoms with Crippen LogP contribution >= 0.6 is 0 Å². The van der Waals surface area contributed by atoms with Crippen LogP contribution < -0.4 is 14.8 Å². The molecular weight excluding hydrogens is 286 g/mol. The van der Waals surface area contributed by atoms with Crippen molar-refractivity contribution >= 4 is 5.91 Å². The second-order valence-electron chi connectivity index (χ2n) is 5.49. The fourth-order valence-corrected chi connectivity index (χ4v) is 2.41. The summed E-state index contributed by atoms with van der Waals surface area (Å²) < 4.78 is 15.9. The van der Waals surface area contributed by atoms with Gasteiger partial charge in [0.15, 0.2) is 18.1 Å². The number of hydrogen-bond acceptors (Lipinski definition) is 5. The first-order chi connectivity index (χ1) is 10.7. The molecule has 0 unspecified atom stereocenters. The maximum Gasteiger partial charge on any atom is 0.257 e. The third-order valence-corrected chi connectivity index (χ3v) is 3.98. The van der Waals surface area contributed by atoms with Crippen molar-refractivity contribution in [1.82, 2.24) is 5.32 Å². The Hall–Kier alpha value is -1.79. The normalized spacial score (nSPS) is 16.8. The van der Waals surface area contributed by atoms with Gasteiger partial charge in [-0.2, -0.15) is 0 Å². The fraction of sp³-hybridized carbons (Fsp3) is 0.562. The minimum atomic E-state index is -0.279. The summed E-state index contributed by atoms with van der Waals surface area (Å²) in [7, 11) is 1.55. The van der Waals surface area contributed by atoms with Crippen LogP contribution in [-0.2, 0) is 9.53 Å². The van der Waals surface area contributed by atoms with E-state index in [9.17, 15) is 9.90 Å². The third-order valence-electron chi connectivity index (χ3n) is 3.98. The van der Waals surface area contributed by atoms with Crippen LogP contribution in [-0.4, -0.2) is 51.1 Å². The van der Waals surface area contributed by atoms with E-state index in [0.717, 1.165) is 12.8 Å². The molecule has 2 N–H and O–H groups in total.